The number of nitrogens with one attached hydrogen (secondary N) is 1. The summed E-state index contributed by atoms with van der Waals surface area (Å²) >= 11 is 0. The van der Waals surface area contributed by atoms with Crippen molar-refractivity contribution >= 4 is 5.69 Å². The van der Waals surface area contributed by atoms with Gasteiger partial charge < -0.3 is 25.5 Å². The molecule has 1 aromatic carbocycles. The van der Waals surface area contributed by atoms with Crippen LogP contribution in [0.25, 0.3) is 0 Å². The summed E-state index contributed by atoms with van der Waals surface area (Å²) in [7, 11) is 3.92. The van der Waals surface area contributed by atoms with E-state index in [9.17, 15) is 10.2 Å². The molecule has 0 spiro atoms. The molecule has 18 heavy (non-hydrogen) atoms. The Kier molecular flexibility index (Phi) is 3.87. The molecule has 1 heterocycles. The first-order chi connectivity index (χ1) is 8.54. The molecule has 1 aliphatic rings. The molecule has 4 N–H and O–H groups in total. The molecular formula is C13H20N2O3. The van der Waals surface area contributed by atoms with Crippen LogP contribution in [0.5, 0.6) is 0 Å². The maximum Gasteiger partial charge on any atom is 0.101 e. The molecule has 1 saturated heterocycles. The van der Waals surface area contributed by atoms with Crippen molar-refractivity contribution in [2.24, 2.45) is 0 Å². The highest BCUT2D eigenvalue weighted by atomic mass is 16.3. The Morgan fingerprint density at radius 3 is 2.17 bits per heavy atom. The predicted octanol–water partition coefficient (Wildman–Crippen LogP) is -0.520. The van der Waals surface area contributed by atoms with Gasteiger partial charge in [-0.05, 0) is 17.7 Å². The van der Waals surface area contributed by atoms with Gasteiger partial charge in [-0.25, -0.2) is 0 Å². The van der Waals surface area contributed by atoms with Crippen molar-refractivity contribution in [3.8, 4) is 0 Å². The molecule has 5 heteroatoms. The minimum absolute atomic E-state index is 0.190. The molecule has 1 aromatic rings. The Labute approximate surface area is 107 Å². The lowest BCUT2D eigenvalue weighted by Crippen LogP contribution is -2.35. The molecule has 2 rings (SSSR count). The molecule has 0 bridgehead atoms. The Morgan fingerprint density at radius 1 is 1.11 bits per heavy atom. The van der Waals surface area contributed by atoms with Crippen molar-refractivity contribution in [2.75, 3.05) is 25.6 Å². The quantitative estimate of drug-likeness (QED) is 0.582. The topological polar surface area (TPSA) is 76.0 Å². The summed E-state index contributed by atoms with van der Waals surface area (Å²) in [6, 6.07) is 6.95. The highest BCUT2D eigenvalue weighted by molar-refractivity contribution is 5.46. The number of rotatable bonds is 3. The molecule has 0 unspecified atom stereocenters. The second-order valence-corrected chi connectivity index (χ2v) is 4.90. The smallest absolute Gasteiger partial charge is 0.101 e. The number of benzene rings is 1. The van der Waals surface area contributed by atoms with Gasteiger partial charge in [0.2, 0.25) is 0 Å². The molecule has 100 valence electrons. The van der Waals surface area contributed by atoms with E-state index in [2.05, 4.69) is 5.32 Å². The number of hydrogen-bond donors (Lipinski definition) is 4. The predicted molar refractivity (Wildman–Crippen MR) is 69.5 cm³/mol. The molecule has 0 saturated carbocycles. The van der Waals surface area contributed by atoms with Gasteiger partial charge in [-0.2, -0.15) is 0 Å². The second kappa shape index (κ2) is 5.24. The maximum atomic E-state index is 9.96. The van der Waals surface area contributed by atoms with Crippen molar-refractivity contribution in [3.63, 3.8) is 0 Å². The standard InChI is InChI=1S/C13H20N2O3/c1-15(2)9-5-3-8(4-6-9)11-13(18)12(17)10(7-16)14-11/h3-6,10-14,16-18H,7H2,1-2H3/t10-,11+,12-,13+/m1/s1. The molecule has 5 nitrogen and oxygen atoms in total. The Hall–Kier alpha value is -1.14. The molecule has 1 aliphatic heterocycles. The van der Waals surface area contributed by atoms with Crippen molar-refractivity contribution in [1.29, 1.82) is 0 Å². The van der Waals surface area contributed by atoms with Gasteiger partial charge in [-0.3, -0.25) is 0 Å². The van der Waals surface area contributed by atoms with Crippen molar-refractivity contribution in [1.82, 2.24) is 5.32 Å². The summed E-state index contributed by atoms with van der Waals surface area (Å²) < 4.78 is 0. The number of nitrogens with zero attached hydrogens (tertiary/aromatic N) is 1. The van der Waals surface area contributed by atoms with E-state index in [-0.39, 0.29) is 12.6 Å². The number of aliphatic hydroxyl groups is 3. The number of aliphatic hydroxyl groups excluding tert-OH is 3. The average molecular weight is 252 g/mol. The van der Waals surface area contributed by atoms with E-state index in [0.717, 1.165) is 11.3 Å². The lowest BCUT2D eigenvalue weighted by Gasteiger charge is -2.18. The fourth-order valence-corrected chi connectivity index (χ4v) is 2.30. The molecule has 4 atom stereocenters. The monoisotopic (exact) mass is 252 g/mol. The fourth-order valence-electron chi connectivity index (χ4n) is 2.30. The van der Waals surface area contributed by atoms with Gasteiger partial charge in [-0.15, -0.1) is 0 Å². The Morgan fingerprint density at radius 2 is 1.72 bits per heavy atom. The molecule has 0 radical (unpaired) electrons. The zero-order chi connectivity index (χ0) is 13.3. The molecule has 0 aromatic heterocycles. The van der Waals surface area contributed by atoms with E-state index in [4.69, 9.17) is 5.11 Å². The minimum Gasteiger partial charge on any atom is -0.395 e. The van der Waals surface area contributed by atoms with Crippen LogP contribution in [0.4, 0.5) is 5.69 Å². The Balaban J connectivity index is 2.17. The highest BCUT2D eigenvalue weighted by Gasteiger charge is 2.41. The van der Waals surface area contributed by atoms with Crippen LogP contribution in [0, 0.1) is 0 Å². The van der Waals surface area contributed by atoms with Crippen LogP contribution in [-0.2, 0) is 0 Å². The lowest BCUT2D eigenvalue weighted by atomic mass is 10.0. The van der Waals surface area contributed by atoms with Gasteiger partial charge in [0, 0.05) is 19.8 Å². The van der Waals surface area contributed by atoms with Crippen LogP contribution >= 0.6 is 0 Å². The molecule has 0 amide bonds. The van der Waals surface area contributed by atoms with Gasteiger partial charge in [0.25, 0.3) is 0 Å². The summed E-state index contributed by atoms with van der Waals surface area (Å²) in [5.41, 5.74) is 1.98. The van der Waals surface area contributed by atoms with Crippen molar-refractivity contribution < 1.29 is 15.3 Å². The van der Waals surface area contributed by atoms with Crippen LogP contribution in [0.3, 0.4) is 0 Å². The summed E-state index contributed by atoms with van der Waals surface area (Å²) in [6.07, 6.45) is -1.83. The molecule has 0 aliphatic carbocycles. The third-order valence-corrected chi connectivity index (χ3v) is 3.46. The van der Waals surface area contributed by atoms with Gasteiger partial charge in [0.1, 0.15) is 6.10 Å². The zero-order valence-electron chi connectivity index (χ0n) is 10.6. The van der Waals surface area contributed by atoms with Crippen LogP contribution in [0.1, 0.15) is 11.6 Å². The van der Waals surface area contributed by atoms with E-state index >= 15 is 0 Å². The van der Waals surface area contributed by atoms with Crippen LogP contribution < -0.4 is 10.2 Å². The van der Waals surface area contributed by atoms with Gasteiger partial charge in [0.15, 0.2) is 0 Å². The summed E-state index contributed by atoms with van der Waals surface area (Å²) in [5.74, 6) is 0. The fraction of sp³-hybridized carbons (Fsp3) is 0.538. The number of hydrogen-bond acceptors (Lipinski definition) is 5. The van der Waals surface area contributed by atoms with E-state index in [1.165, 1.54) is 0 Å². The lowest BCUT2D eigenvalue weighted by molar-refractivity contribution is 0.0194. The van der Waals surface area contributed by atoms with Gasteiger partial charge in [-0.1, -0.05) is 12.1 Å². The van der Waals surface area contributed by atoms with E-state index in [0.29, 0.717) is 0 Å². The molecule has 1 fully saturated rings. The summed E-state index contributed by atoms with van der Waals surface area (Å²) in [6.45, 7) is -0.190. The summed E-state index contributed by atoms with van der Waals surface area (Å²) in [4.78, 5) is 1.99. The SMILES string of the molecule is CN(C)c1ccc([C@@H]2N[C@H](CO)[C@@H](O)[C@H]2O)cc1. The second-order valence-electron chi connectivity index (χ2n) is 4.90. The first kappa shape index (κ1) is 13.3. The highest BCUT2D eigenvalue weighted by Crippen LogP contribution is 2.28. The normalized spacial score (nSPS) is 31.6. The maximum absolute atomic E-state index is 9.96. The summed E-state index contributed by atoms with van der Waals surface area (Å²) in [5, 5.41) is 31.8. The number of anilines is 1. The van der Waals surface area contributed by atoms with Crippen molar-refractivity contribution in [3.05, 3.63) is 29.8 Å². The van der Waals surface area contributed by atoms with Gasteiger partial charge >= 0.3 is 0 Å². The average Bonchev–Trinajstić information content (AvgIpc) is 2.66. The van der Waals surface area contributed by atoms with E-state index in [1.807, 2.05) is 43.3 Å². The third kappa shape index (κ3) is 2.35. The largest absolute Gasteiger partial charge is 0.395 e. The third-order valence-electron chi connectivity index (χ3n) is 3.46. The van der Waals surface area contributed by atoms with E-state index in [1.54, 1.807) is 0 Å². The minimum atomic E-state index is -0.937. The molecular weight excluding hydrogens is 232 g/mol. The van der Waals surface area contributed by atoms with Gasteiger partial charge in [0.05, 0.1) is 24.8 Å². The van der Waals surface area contributed by atoms with Crippen LogP contribution in [0.15, 0.2) is 24.3 Å². The van der Waals surface area contributed by atoms with E-state index < -0.39 is 18.2 Å². The van der Waals surface area contributed by atoms with Crippen molar-refractivity contribution in [2.45, 2.75) is 24.3 Å². The first-order valence-corrected chi connectivity index (χ1v) is 6.05. The van der Waals surface area contributed by atoms with Crippen LogP contribution in [0.2, 0.25) is 0 Å². The first-order valence-electron chi connectivity index (χ1n) is 6.05. The Bertz CT molecular complexity index is 394. The zero-order valence-corrected chi connectivity index (χ0v) is 10.6. The van der Waals surface area contributed by atoms with Crippen LogP contribution in [-0.4, -0.2) is 54.3 Å².